The first-order valence-electron chi connectivity index (χ1n) is 3.94. The second kappa shape index (κ2) is 2.66. The van der Waals surface area contributed by atoms with Crippen LogP contribution in [-0.4, -0.2) is 10.8 Å². The molecule has 0 bridgehead atoms. The molecule has 1 aliphatic carbocycles. The fourth-order valence-electron chi connectivity index (χ4n) is 1.14. The second-order valence-corrected chi connectivity index (χ2v) is 2.98. The molecule has 2 nitrogen and oxygen atoms in total. The Morgan fingerprint density at radius 2 is 2.33 bits per heavy atom. The van der Waals surface area contributed by atoms with Crippen LogP contribution in [0.15, 0.2) is 18.3 Å². The van der Waals surface area contributed by atoms with Gasteiger partial charge in [0.1, 0.15) is 0 Å². The largest absolute Gasteiger partial charge is 0.294 e. The standard InChI is InChI=1S/C9H8FNO/c10-9-7(2-1-5-11-9)8(12)6-3-4-6/h1-2,5-6H,3-4H2. The van der Waals surface area contributed by atoms with Gasteiger partial charge in [-0.05, 0) is 25.0 Å². The van der Waals surface area contributed by atoms with Crippen LogP contribution in [-0.2, 0) is 0 Å². The highest BCUT2D eigenvalue weighted by molar-refractivity contribution is 5.99. The Hall–Kier alpha value is -1.25. The summed E-state index contributed by atoms with van der Waals surface area (Å²) >= 11 is 0. The van der Waals surface area contributed by atoms with E-state index >= 15 is 0 Å². The number of hydrogen-bond acceptors (Lipinski definition) is 2. The summed E-state index contributed by atoms with van der Waals surface area (Å²) in [6.45, 7) is 0. The Morgan fingerprint density at radius 1 is 1.58 bits per heavy atom. The van der Waals surface area contributed by atoms with E-state index in [1.165, 1.54) is 12.3 Å². The molecule has 12 heavy (non-hydrogen) atoms. The van der Waals surface area contributed by atoms with Crippen molar-refractivity contribution in [1.82, 2.24) is 4.98 Å². The molecular weight excluding hydrogens is 157 g/mol. The van der Waals surface area contributed by atoms with Crippen LogP contribution < -0.4 is 0 Å². The highest BCUT2D eigenvalue weighted by Gasteiger charge is 2.31. The smallest absolute Gasteiger partial charge is 0.223 e. The van der Waals surface area contributed by atoms with Gasteiger partial charge in [-0.1, -0.05) is 0 Å². The first-order chi connectivity index (χ1) is 5.79. The average Bonchev–Trinajstić information content (AvgIpc) is 2.86. The van der Waals surface area contributed by atoms with Gasteiger partial charge >= 0.3 is 0 Å². The number of ketones is 1. The monoisotopic (exact) mass is 165 g/mol. The van der Waals surface area contributed by atoms with E-state index in [0.29, 0.717) is 0 Å². The van der Waals surface area contributed by atoms with Gasteiger partial charge in [-0.2, -0.15) is 4.39 Å². The summed E-state index contributed by atoms with van der Waals surface area (Å²) in [7, 11) is 0. The predicted octanol–water partition coefficient (Wildman–Crippen LogP) is 1.81. The van der Waals surface area contributed by atoms with Crippen LogP contribution >= 0.6 is 0 Å². The Bertz CT molecular complexity index is 320. The number of carbonyl (C=O) groups is 1. The van der Waals surface area contributed by atoms with Crippen molar-refractivity contribution in [3.05, 3.63) is 29.8 Å². The highest BCUT2D eigenvalue weighted by atomic mass is 19.1. The molecule has 1 aliphatic rings. The zero-order valence-electron chi connectivity index (χ0n) is 6.46. The summed E-state index contributed by atoms with van der Waals surface area (Å²) in [5.74, 6) is -0.682. The van der Waals surface area contributed by atoms with Gasteiger partial charge in [0.15, 0.2) is 5.78 Å². The van der Waals surface area contributed by atoms with Gasteiger partial charge in [0.05, 0.1) is 5.56 Å². The maximum atomic E-state index is 12.9. The van der Waals surface area contributed by atoms with Gasteiger partial charge in [-0.15, -0.1) is 0 Å². The van der Waals surface area contributed by atoms with Crippen molar-refractivity contribution in [2.24, 2.45) is 5.92 Å². The fourth-order valence-corrected chi connectivity index (χ4v) is 1.14. The normalized spacial score (nSPS) is 16.1. The molecule has 0 saturated heterocycles. The number of nitrogens with zero attached hydrogens (tertiary/aromatic N) is 1. The zero-order valence-corrected chi connectivity index (χ0v) is 6.46. The molecule has 0 N–H and O–H groups in total. The average molecular weight is 165 g/mol. The van der Waals surface area contributed by atoms with Gasteiger partial charge in [-0.25, -0.2) is 4.98 Å². The number of aromatic nitrogens is 1. The van der Waals surface area contributed by atoms with Crippen LogP contribution in [0.1, 0.15) is 23.2 Å². The minimum Gasteiger partial charge on any atom is -0.294 e. The van der Waals surface area contributed by atoms with Crippen LogP contribution in [0.2, 0.25) is 0 Å². The van der Waals surface area contributed by atoms with E-state index in [4.69, 9.17) is 0 Å². The van der Waals surface area contributed by atoms with E-state index in [1.807, 2.05) is 0 Å². The minimum atomic E-state index is -0.644. The Labute approximate surface area is 69.4 Å². The second-order valence-electron chi connectivity index (χ2n) is 2.98. The first kappa shape index (κ1) is 7.40. The van der Waals surface area contributed by atoms with Gasteiger partial charge in [0.25, 0.3) is 0 Å². The fraction of sp³-hybridized carbons (Fsp3) is 0.333. The lowest BCUT2D eigenvalue weighted by molar-refractivity contribution is 0.0963. The molecule has 1 aromatic rings. The third kappa shape index (κ3) is 1.22. The molecular formula is C9H8FNO. The summed E-state index contributed by atoms with van der Waals surface area (Å²) < 4.78 is 12.9. The topological polar surface area (TPSA) is 30.0 Å². The van der Waals surface area contributed by atoms with Gasteiger partial charge in [-0.3, -0.25) is 4.79 Å². The molecule has 0 spiro atoms. The van der Waals surface area contributed by atoms with Crippen LogP contribution in [0.4, 0.5) is 4.39 Å². The number of Topliss-reactive ketones (excluding diaryl/α,β-unsaturated/α-hetero) is 1. The number of carbonyl (C=O) groups excluding carboxylic acids is 1. The Balaban J connectivity index is 2.32. The molecule has 0 atom stereocenters. The van der Waals surface area contributed by atoms with Crippen molar-refractivity contribution >= 4 is 5.78 Å². The number of halogens is 1. The summed E-state index contributed by atoms with van der Waals surface area (Å²) in [5, 5.41) is 0. The summed E-state index contributed by atoms with van der Waals surface area (Å²) in [4.78, 5) is 14.8. The Morgan fingerprint density at radius 3 is 2.92 bits per heavy atom. The molecule has 0 aliphatic heterocycles. The maximum Gasteiger partial charge on any atom is 0.223 e. The molecule has 62 valence electrons. The Kier molecular flexibility index (Phi) is 1.64. The molecule has 0 amide bonds. The lowest BCUT2D eigenvalue weighted by atomic mass is 10.1. The van der Waals surface area contributed by atoms with E-state index in [2.05, 4.69) is 4.98 Å². The van der Waals surface area contributed by atoms with Crippen molar-refractivity contribution in [3.8, 4) is 0 Å². The van der Waals surface area contributed by atoms with E-state index in [1.54, 1.807) is 6.07 Å². The molecule has 0 aromatic carbocycles. The van der Waals surface area contributed by atoms with Crippen molar-refractivity contribution in [2.45, 2.75) is 12.8 Å². The van der Waals surface area contributed by atoms with Gasteiger partial charge < -0.3 is 0 Å². The van der Waals surface area contributed by atoms with E-state index < -0.39 is 5.95 Å². The molecule has 1 saturated carbocycles. The van der Waals surface area contributed by atoms with E-state index in [-0.39, 0.29) is 17.3 Å². The van der Waals surface area contributed by atoms with Gasteiger partial charge in [0, 0.05) is 12.1 Å². The van der Waals surface area contributed by atoms with Crippen LogP contribution in [0, 0.1) is 11.9 Å². The van der Waals surface area contributed by atoms with Crippen molar-refractivity contribution in [2.75, 3.05) is 0 Å². The quantitative estimate of drug-likeness (QED) is 0.494. The SMILES string of the molecule is O=C(c1cccnc1F)C1CC1. The molecule has 2 rings (SSSR count). The van der Waals surface area contributed by atoms with Crippen LogP contribution in [0.3, 0.4) is 0 Å². The predicted molar refractivity (Wildman–Crippen MR) is 41.2 cm³/mol. The highest BCUT2D eigenvalue weighted by Crippen LogP contribution is 2.32. The van der Waals surface area contributed by atoms with Crippen molar-refractivity contribution in [1.29, 1.82) is 0 Å². The molecule has 3 heteroatoms. The molecule has 1 heterocycles. The summed E-state index contributed by atoms with van der Waals surface area (Å²) in [6, 6.07) is 3.07. The van der Waals surface area contributed by atoms with Crippen molar-refractivity contribution < 1.29 is 9.18 Å². The number of pyridine rings is 1. The van der Waals surface area contributed by atoms with Gasteiger partial charge in [0.2, 0.25) is 5.95 Å². The first-order valence-corrected chi connectivity index (χ1v) is 3.94. The summed E-state index contributed by atoms with van der Waals surface area (Å²) in [5.41, 5.74) is 0.139. The number of rotatable bonds is 2. The van der Waals surface area contributed by atoms with E-state index in [0.717, 1.165) is 12.8 Å². The van der Waals surface area contributed by atoms with Crippen LogP contribution in [0.25, 0.3) is 0 Å². The third-order valence-electron chi connectivity index (χ3n) is 1.97. The number of hydrogen-bond donors (Lipinski definition) is 0. The zero-order chi connectivity index (χ0) is 8.55. The molecule has 1 aromatic heterocycles. The minimum absolute atomic E-state index is 0.0590. The van der Waals surface area contributed by atoms with Crippen molar-refractivity contribution in [3.63, 3.8) is 0 Å². The lowest BCUT2D eigenvalue weighted by Gasteiger charge is -1.97. The maximum absolute atomic E-state index is 12.9. The molecule has 0 radical (unpaired) electrons. The molecule has 1 fully saturated rings. The third-order valence-corrected chi connectivity index (χ3v) is 1.97. The lowest BCUT2D eigenvalue weighted by Crippen LogP contribution is -2.05. The molecule has 0 unspecified atom stereocenters. The van der Waals surface area contributed by atoms with E-state index in [9.17, 15) is 9.18 Å². The van der Waals surface area contributed by atoms with Crippen LogP contribution in [0.5, 0.6) is 0 Å². The summed E-state index contributed by atoms with van der Waals surface area (Å²) in [6.07, 6.45) is 3.14.